The van der Waals surface area contributed by atoms with E-state index in [1.807, 2.05) is 19.1 Å². The molecule has 2 bridgehead atoms. The molecule has 164 valence electrons. The largest absolute Gasteiger partial charge is 0.346 e. The van der Waals surface area contributed by atoms with E-state index in [-0.39, 0.29) is 17.9 Å². The molecule has 0 radical (unpaired) electrons. The van der Waals surface area contributed by atoms with E-state index in [4.69, 9.17) is 19.2 Å². The summed E-state index contributed by atoms with van der Waals surface area (Å²) in [5.74, 6) is 1.23. The molecule has 8 atom stereocenters. The number of carbonyl (C=O) groups is 1. The summed E-state index contributed by atoms with van der Waals surface area (Å²) in [6.45, 7) is 6.48. The van der Waals surface area contributed by atoms with Crippen molar-refractivity contribution in [3.8, 4) is 0 Å². The zero-order valence-corrected chi connectivity index (χ0v) is 18.0. The van der Waals surface area contributed by atoms with E-state index in [1.54, 1.807) is 12.3 Å². The van der Waals surface area contributed by atoms with Gasteiger partial charge in [0.05, 0.1) is 6.10 Å². The number of pyridine rings is 1. The molecule has 1 saturated carbocycles. The van der Waals surface area contributed by atoms with Gasteiger partial charge in [0.1, 0.15) is 5.82 Å². The number of aromatic nitrogens is 1. The number of rotatable bonds is 4. The van der Waals surface area contributed by atoms with Gasteiger partial charge in [-0.05, 0) is 62.5 Å². The van der Waals surface area contributed by atoms with E-state index in [1.165, 1.54) is 6.42 Å². The molecule has 6 rings (SSSR count). The van der Waals surface area contributed by atoms with Crippen molar-refractivity contribution in [3.05, 3.63) is 24.4 Å². The van der Waals surface area contributed by atoms with Crippen LogP contribution in [-0.2, 0) is 24.0 Å². The summed E-state index contributed by atoms with van der Waals surface area (Å²) < 4.78 is 12.9. The fraction of sp³-hybridized carbons (Fsp3) is 0.739. The summed E-state index contributed by atoms with van der Waals surface area (Å²) in [7, 11) is 0. The average molecular weight is 417 g/mol. The number of hydrogen-bond donors (Lipinski definition) is 1. The highest BCUT2D eigenvalue weighted by Crippen LogP contribution is 2.60. The standard InChI is InChI=1S/C23H32N2O5/c1-14-7-8-17-15(2)18(9-10-20(26)25-19-6-4-5-13-24-19)27-21-23(17)16(14)11-12-22(3,28-21)29-30-23/h4-6,13-18,21H,7-12H2,1-3H3,(H,24,25,26)/t14-,15-,16+,17+,18-,21-,22+,23-/m1/s1. The van der Waals surface area contributed by atoms with Crippen molar-refractivity contribution in [2.24, 2.45) is 23.7 Å². The Balaban J connectivity index is 1.32. The van der Waals surface area contributed by atoms with Crippen LogP contribution in [0.1, 0.15) is 59.3 Å². The summed E-state index contributed by atoms with van der Waals surface area (Å²) in [6, 6.07) is 5.48. The van der Waals surface area contributed by atoms with Crippen LogP contribution in [0.4, 0.5) is 5.82 Å². The van der Waals surface area contributed by atoms with E-state index in [0.29, 0.717) is 36.4 Å². The minimum atomic E-state index is -0.765. The van der Waals surface area contributed by atoms with Gasteiger partial charge in [-0.3, -0.25) is 4.79 Å². The first kappa shape index (κ1) is 20.4. The van der Waals surface area contributed by atoms with Crippen LogP contribution >= 0.6 is 0 Å². The zero-order valence-electron chi connectivity index (χ0n) is 18.0. The van der Waals surface area contributed by atoms with Crippen LogP contribution in [0.3, 0.4) is 0 Å². The third-order valence-electron chi connectivity index (χ3n) is 7.88. The van der Waals surface area contributed by atoms with Crippen LogP contribution in [0.15, 0.2) is 24.4 Å². The number of amides is 1. The van der Waals surface area contributed by atoms with Crippen molar-refractivity contribution >= 4 is 11.7 Å². The second-order valence-corrected chi connectivity index (χ2v) is 9.75. The van der Waals surface area contributed by atoms with Crippen molar-refractivity contribution in [3.63, 3.8) is 0 Å². The summed E-state index contributed by atoms with van der Waals surface area (Å²) >= 11 is 0. The number of ether oxygens (including phenoxy) is 2. The fourth-order valence-corrected chi connectivity index (χ4v) is 6.22. The first-order valence-electron chi connectivity index (χ1n) is 11.3. The topological polar surface area (TPSA) is 78.9 Å². The Bertz CT molecular complexity index is 791. The predicted molar refractivity (Wildman–Crippen MR) is 109 cm³/mol. The van der Waals surface area contributed by atoms with Gasteiger partial charge in [-0.2, -0.15) is 0 Å². The minimum Gasteiger partial charge on any atom is -0.346 e. The van der Waals surface area contributed by atoms with Gasteiger partial charge in [0.25, 0.3) is 0 Å². The lowest BCUT2D eigenvalue weighted by Crippen LogP contribution is -2.70. The Labute approximate surface area is 177 Å². The number of nitrogens with one attached hydrogen (secondary N) is 1. The summed E-state index contributed by atoms with van der Waals surface area (Å²) in [5.41, 5.74) is -0.542. The maximum atomic E-state index is 12.5. The van der Waals surface area contributed by atoms with Gasteiger partial charge in [0, 0.05) is 25.0 Å². The SMILES string of the molecule is C[C@H]1[C@@H](CCC(=O)Nc2ccccn2)O[C@@H]2O[C@]3(C)CC[C@H]4[C@H](C)CC[C@@H]1[C@@]24OO3. The highest BCUT2D eigenvalue weighted by atomic mass is 17.3. The summed E-state index contributed by atoms with van der Waals surface area (Å²) in [4.78, 5) is 28.6. The minimum absolute atomic E-state index is 0.0465. The van der Waals surface area contributed by atoms with Crippen LogP contribution < -0.4 is 5.32 Å². The third kappa shape index (κ3) is 3.27. The normalized spacial score (nSPS) is 44.8. The fourth-order valence-electron chi connectivity index (χ4n) is 6.22. The van der Waals surface area contributed by atoms with Gasteiger partial charge in [-0.1, -0.05) is 19.9 Å². The molecule has 30 heavy (non-hydrogen) atoms. The van der Waals surface area contributed by atoms with Crippen LogP contribution in [0, 0.1) is 23.7 Å². The van der Waals surface area contributed by atoms with Crippen molar-refractivity contribution < 1.29 is 24.0 Å². The lowest BCUT2D eigenvalue weighted by Gasteiger charge is -2.60. The van der Waals surface area contributed by atoms with Gasteiger partial charge in [0.15, 0.2) is 11.9 Å². The van der Waals surface area contributed by atoms with Crippen LogP contribution in [-0.4, -0.2) is 34.7 Å². The van der Waals surface area contributed by atoms with E-state index < -0.39 is 17.7 Å². The molecule has 7 heteroatoms. The lowest BCUT2D eigenvalue weighted by atomic mass is 9.57. The quantitative estimate of drug-likeness (QED) is 0.746. The smallest absolute Gasteiger partial charge is 0.225 e. The Morgan fingerprint density at radius 1 is 1.20 bits per heavy atom. The maximum absolute atomic E-state index is 12.5. The van der Waals surface area contributed by atoms with Gasteiger partial charge in [-0.15, -0.1) is 0 Å². The van der Waals surface area contributed by atoms with Crippen molar-refractivity contribution in [2.75, 3.05) is 5.32 Å². The number of nitrogens with zero attached hydrogens (tertiary/aromatic N) is 1. The van der Waals surface area contributed by atoms with E-state index in [2.05, 4.69) is 24.1 Å². The van der Waals surface area contributed by atoms with Crippen molar-refractivity contribution in [1.82, 2.24) is 4.98 Å². The molecule has 7 nitrogen and oxygen atoms in total. The zero-order chi connectivity index (χ0) is 20.9. The molecule has 1 aromatic rings. The number of hydrogen-bond acceptors (Lipinski definition) is 6. The molecule has 0 aromatic carbocycles. The second kappa shape index (κ2) is 7.55. The van der Waals surface area contributed by atoms with E-state index >= 15 is 0 Å². The molecule has 1 amide bonds. The molecule has 5 heterocycles. The molecule has 5 aliphatic rings. The molecule has 4 saturated heterocycles. The molecular weight excluding hydrogens is 384 g/mol. The monoisotopic (exact) mass is 416 g/mol. The highest BCUT2D eigenvalue weighted by Gasteiger charge is 2.69. The molecule has 1 aromatic heterocycles. The lowest BCUT2D eigenvalue weighted by molar-refractivity contribution is -0.571. The summed E-state index contributed by atoms with van der Waals surface area (Å²) in [5, 5.41) is 2.86. The van der Waals surface area contributed by atoms with Gasteiger partial charge in [-0.25, -0.2) is 14.8 Å². The number of fused-ring (bicyclic) bond motifs is 2. The predicted octanol–water partition coefficient (Wildman–Crippen LogP) is 4.05. The molecule has 1 N–H and O–H groups in total. The van der Waals surface area contributed by atoms with Crippen LogP contribution in [0.2, 0.25) is 0 Å². The number of carbonyl (C=O) groups excluding carboxylic acids is 1. The Hall–Kier alpha value is -1.54. The molecule has 5 fully saturated rings. The van der Waals surface area contributed by atoms with Crippen LogP contribution in [0.25, 0.3) is 0 Å². The van der Waals surface area contributed by atoms with Gasteiger partial charge in [0.2, 0.25) is 11.7 Å². The first-order valence-corrected chi connectivity index (χ1v) is 11.3. The highest BCUT2D eigenvalue weighted by molar-refractivity contribution is 5.89. The maximum Gasteiger partial charge on any atom is 0.225 e. The Kier molecular flexibility index (Phi) is 5.13. The number of anilines is 1. The van der Waals surface area contributed by atoms with Gasteiger partial charge >= 0.3 is 0 Å². The molecule has 4 aliphatic heterocycles. The molecule has 1 spiro atoms. The average Bonchev–Trinajstić information content (AvgIpc) is 2.96. The molecule has 0 unspecified atom stereocenters. The van der Waals surface area contributed by atoms with Gasteiger partial charge < -0.3 is 14.8 Å². The van der Waals surface area contributed by atoms with Crippen molar-refractivity contribution in [2.45, 2.75) is 83.1 Å². The summed E-state index contributed by atoms with van der Waals surface area (Å²) in [6.07, 6.45) is 6.27. The van der Waals surface area contributed by atoms with E-state index in [0.717, 1.165) is 19.3 Å². The molecule has 1 aliphatic carbocycles. The van der Waals surface area contributed by atoms with Crippen molar-refractivity contribution in [1.29, 1.82) is 0 Å². The second-order valence-electron chi connectivity index (χ2n) is 9.75. The molecular formula is C23H32N2O5. The van der Waals surface area contributed by atoms with Crippen LogP contribution in [0.5, 0.6) is 0 Å². The first-order chi connectivity index (χ1) is 14.4. The van der Waals surface area contributed by atoms with E-state index in [9.17, 15) is 4.79 Å². The Morgan fingerprint density at radius 2 is 2.07 bits per heavy atom. The Morgan fingerprint density at radius 3 is 2.87 bits per heavy atom. The third-order valence-corrected chi connectivity index (χ3v) is 7.88.